The fourth-order valence-corrected chi connectivity index (χ4v) is 1.83. The van der Waals surface area contributed by atoms with Crippen molar-refractivity contribution in [3.63, 3.8) is 0 Å². The Morgan fingerprint density at radius 2 is 2.11 bits per heavy atom. The minimum absolute atomic E-state index is 0.0283. The number of ether oxygens (including phenoxy) is 1. The van der Waals surface area contributed by atoms with Gasteiger partial charge in [-0.05, 0) is 19.4 Å². The molecule has 0 aliphatic carbocycles. The molecule has 0 spiro atoms. The highest BCUT2D eigenvalue weighted by molar-refractivity contribution is 5.33. The van der Waals surface area contributed by atoms with Gasteiger partial charge < -0.3 is 14.4 Å². The summed E-state index contributed by atoms with van der Waals surface area (Å²) in [7, 11) is 0. The second-order valence-electron chi connectivity index (χ2n) is 4.07. The highest BCUT2D eigenvalue weighted by Crippen LogP contribution is 2.21. The van der Waals surface area contributed by atoms with Crippen LogP contribution in [0.2, 0.25) is 0 Å². The van der Waals surface area contributed by atoms with E-state index >= 15 is 0 Å². The molecule has 2 rings (SSSR count). The molecule has 18 heavy (non-hydrogen) atoms. The third-order valence-electron chi connectivity index (χ3n) is 2.92. The third kappa shape index (κ3) is 2.54. The van der Waals surface area contributed by atoms with Crippen molar-refractivity contribution in [2.75, 3.05) is 0 Å². The van der Waals surface area contributed by atoms with Crippen LogP contribution < -0.4 is 4.74 Å². The highest BCUT2D eigenvalue weighted by Gasteiger charge is 2.12. The molecule has 0 radical (unpaired) electrons. The molecule has 0 saturated carbocycles. The van der Waals surface area contributed by atoms with Gasteiger partial charge in [-0.2, -0.15) is 0 Å². The van der Waals surface area contributed by atoms with Crippen molar-refractivity contribution in [2.45, 2.75) is 33.5 Å². The Labute approximate surface area is 106 Å². The molecule has 0 saturated heterocycles. The van der Waals surface area contributed by atoms with E-state index in [0.29, 0.717) is 12.4 Å². The van der Waals surface area contributed by atoms with E-state index in [1.54, 1.807) is 0 Å². The van der Waals surface area contributed by atoms with Crippen LogP contribution in [0.15, 0.2) is 28.8 Å². The minimum atomic E-state index is -0.0283. The standard InChI is InChI=1S/C14H17NO3/c1-3-13-12(10(2)18-15-13)9-17-14-7-5-4-6-11(14)8-16/h4-7,16H,3,8-9H2,1-2H3. The lowest BCUT2D eigenvalue weighted by Crippen LogP contribution is -2.01. The van der Waals surface area contributed by atoms with E-state index in [-0.39, 0.29) is 6.61 Å². The molecule has 1 aromatic heterocycles. The second kappa shape index (κ2) is 5.69. The molecule has 0 aliphatic heterocycles. The summed E-state index contributed by atoms with van der Waals surface area (Å²) < 4.78 is 10.9. The average molecular weight is 247 g/mol. The third-order valence-corrected chi connectivity index (χ3v) is 2.92. The number of hydrogen-bond acceptors (Lipinski definition) is 4. The van der Waals surface area contributed by atoms with Crippen molar-refractivity contribution >= 4 is 0 Å². The molecule has 4 heteroatoms. The molecule has 0 fully saturated rings. The molecule has 0 bridgehead atoms. The van der Waals surface area contributed by atoms with Crippen LogP contribution in [0, 0.1) is 6.92 Å². The molecule has 0 atom stereocenters. The number of nitrogens with zero attached hydrogens (tertiary/aromatic N) is 1. The molecule has 0 aliphatic rings. The maximum Gasteiger partial charge on any atom is 0.140 e. The van der Waals surface area contributed by atoms with Crippen molar-refractivity contribution in [3.8, 4) is 5.75 Å². The summed E-state index contributed by atoms with van der Waals surface area (Å²) in [5, 5.41) is 13.2. The van der Waals surface area contributed by atoms with Gasteiger partial charge in [0.05, 0.1) is 17.9 Å². The quantitative estimate of drug-likeness (QED) is 0.882. The number of rotatable bonds is 5. The van der Waals surface area contributed by atoms with E-state index in [1.165, 1.54) is 0 Å². The van der Waals surface area contributed by atoms with Gasteiger partial charge in [0.1, 0.15) is 18.1 Å². The predicted octanol–water partition coefficient (Wildman–Crippen LogP) is 2.62. The van der Waals surface area contributed by atoms with E-state index in [4.69, 9.17) is 9.26 Å². The number of hydrogen-bond donors (Lipinski definition) is 1. The number of aryl methyl sites for hydroxylation is 2. The van der Waals surface area contributed by atoms with E-state index in [0.717, 1.165) is 29.0 Å². The van der Waals surface area contributed by atoms with E-state index < -0.39 is 0 Å². The number of para-hydroxylation sites is 1. The minimum Gasteiger partial charge on any atom is -0.488 e. The Kier molecular flexibility index (Phi) is 3.99. The first-order chi connectivity index (χ1) is 8.76. The monoisotopic (exact) mass is 247 g/mol. The largest absolute Gasteiger partial charge is 0.488 e. The average Bonchev–Trinajstić information content (AvgIpc) is 2.77. The summed E-state index contributed by atoms with van der Waals surface area (Å²) in [5.41, 5.74) is 2.70. The molecule has 1 N–H and O–H groups in total. The Morgan fingerprint density at radius 1 is 1.33 bits per heavy atom. The summed E-state index contributed by atoms with van der Waals surface area (Å²) in [6.07, 6.45) is 0.817. The highest BCUT2D eigenvalue weighted by atomic mass is 16.5. The first-order valence-electron chi connectivity index (χ1n) is 6.01. The normalized spacial score (nSPS) is 10.6. The first-order valence-corrected chi connectivity index (χ1v) is 6.01. The number of aliphatic hydroxyl groups is 1. The molecular weight excluding hydrogens is 230 g/mol. The Bertz CT molecular complexity index is 520. The van der Waals surface area contributed by atoms with Gasteiger partial charge in [0.15, 0.2) is 0 Å². The van der Waals surface area contributed by atoms with E-state index in [1.807, 2.05) is 38.1 Å². The van der Waals surface area contributed by atoms with Gasteiger partial charge >= 0.3 is 0 Å². The van der Waals surface area contributed by atoms with Crippen LogP contribution in [-0.4, -0.2) is 10.3 Å². The molecule has 2 aromatic rings. The fraction of sp³-hybridized carbons (Fsp3) is 0.357. The lowest BCUT2D eigenvalue weighted by molar-refractivity contribution is 0.258. The van der Waals surface area contributed by atoms with E-state index in [9.17, 15) is 5.11 Å². The van der Waals surface area contributed by atoms with Crippen LogP contribution in [0.1, 0.15) is 29.5 Å². The summed E-state index contributed by atoms with van der Waals surface area (Å²) in [4.78, 5) is 0. The fourth-order valence-electron chi connectivity index (χ4n) is 1.83. The van der Waals surface area contributed by atoms with Gasteiger partial charge in [-0.15, -0.1) is 0 Å². The van der Waals surface area contributed by atoms with Crippen LogP contribution in [-0.2, 0) is 19.6 Å². The van der Waals surface area contributed by atoms with Crippen molar-refractivity contribution in [1.82, 2.24) is 5.16 Å². The van der Waals surface area contributed by atoms with Gasteiger partial charge in [-0.1, -0.05) is 30.3 Å². The maximum absolute atomic E-state index is 9.22. The summed E-state index contributed by atoms with van der Waals surface area (Å²) in [6.45, 7) is 4.29. The van der Waals surface area contributed by atoms with E-state index in [2.05, 4.69) is 5.16 Å². The number of benzene rings is 1. The van der Waals surface area contributed by atoms with Crippen molar-refractivity contribution in [2.24, 2.45) is 0 Å². The SMILES string of the molecule is CCc1noc(C)c1COc1ccccc1CO. The maximum atomic E-state index is 9.22. The topological polar surface area (TPSA) is 55.5 Å². The first kappa shape index (κ1) is 12.6. The molecule has 4 nitrogen and oxygen atoms in total. The predicted molar refractivity (Wildman–Crippen MR) is 67.3 cm³/mol. The van der Waals surface area contributed by atoms with Crippen LogP contribution >= 0.6 is 0 Å². The molecule has 1 heterocycles. The van der Waals surface area contributed by atoms with Gasteiger partial charge in [-0.3, -0.25) is 0 Å². The van der Waals surface area contributed by atoms with Gasteiger partial charge in [0, 0.05) is 5.56 Å². The van der Waals surface area contributed by atoms with Crippen molar-refractivity contribution in [3.05, 3.63) is 46.8 Å². The van der Waals surface area contributed by atoms with Crippen LogP contribution in [0.3, 0.4) is 0 Å². The van der Waals surface area contributed by atoms with Crippen LogP contribution in [0.25, 0.3) is 0 Å². The Morgan fingerprint density at radius 3 is 2.83 bits per heavy atom. The zero-order valence-electron chi connectivity index (χ0n) is 10.6. The Balaban J connectivity index is 2.13. The van der Waals surface area contributed by atoms with Crippen molar-refractivity contribution < 1.29 is 14.4 Å². The zero-order chi connectivity index (χ0) is 13.0. The lowest BCUT2D eigenvalue weighted by atomic mass is 10.1. The smallest absolute Gasteiger partial charge is 0.140 e. The summed E-state index contributed by atoms with van der Waals surface area (Å²) >= 11 is 0. The molecular formula is C14H17NO3. The van der Waals surface area contributed by atoms with Crippen molar-refractivity contribution in [1.29, 1.82) is 0 Å². The van der Waals surface area contributed by atoms with Crippen LogP contribution in [0.4, 0.5) is 0 Å². The second-order valence-corrected chi connectivity index (χ2v) is 4.07. The molecule has 0 unspecified atom stereocenters. The molecule has 1 aromatic carbocycles. The van der Waals surface area contributed by atoms with Gasteiger partial charge in [0.25, 0.3) is 0 Å². The number of aromatic nitrogens is 1. The molecule has 96 valence electrons. The number of aliphatic hydroxyl groups excluding tert-OH is 1. The Hall–Kier alpha value is -1.81. The van der Waals surface area contributed by atoms with Gasteiger partial charge in [0.2, 0.25) is 0 Å². The van der Waals surface area contributed by atoms with Crippen LogP contribution in [0.5, 0.6) is 5.75 Å². The summed E-state index contributed by atoms with van der Waals surface area (Å²) in [6, 6.07) is 7.45. The lowest BCUT2D eigenvalue weighted by Gasteiger charge is -2.09. The zero-order valence-corrected chi connectivity index (χ0v) is 10.6. The summed E-state index contributed by atoms with van der Waals surface area (Å²) in [5.74, 6) is 1.48. The van der Waals surface area contributed by atoms with Gasteiger partial charge in [-0.25, -0.2) is 0 Å². The molecule has 0 amide bonds.